The second-order valence-corrected chi connectivity index (χ2v) is 7.78. The van der Waals surface area contributed by atoms with Crippen molar-refractivity contribution < 1.29 is 14.6 Å². The Morgan fingerprint density at radius 1 is 1.11 bits per heavy atom. The van der Waals surface area contributed by atoms with E-state index in [0.29, 0.717) is 19.1 Å². The molecule has 1 N–H and O–H groups in total. The highest BCUT2D eigenvalue weighted by molar-refractivity contribution is 5.79. The zero-order valence-corrected chi connectivity index (χ0v) is 15.8. The minimum Gasteiger partial charge on any atom is -0.448 e. The van der Waals surface area contributed by atoms with E-state index in [2.05, 4.69) is 24.3 Å². The van der Waals surface area contributed by atoms with Gasteiger partial charge < -0.3 is 14.7 Å². The van der Waals surface area contributed by atoms with Gasteiger partial charge in [0, 0.05) is 12.5 Å². The smallest absolute Gasteiger partial charge is 0.410 e. The highest BCUT2D eigenvalue weighted by Gasteiger charge is 2.31. The monoisotopic (exact) mass is 365 g/mol. The van der Waals surface area contributed by atoms with Gasteiger partial charge >= 0.3 is 6.09 Å². The molecule has 142 valence electrons. The molecule has 2 aromatic rings. The average molecular weight is 365 g/mol. The number of hydrogen-bond donors (Lipinski definition) is 1. The van der Waals surface area contributed by atoms with Gasteiger partial charge in [-0.3, -0.25) is 0 Å². The molecule has 0 bridgehead atoms. The molecule has 0 aliphatic heterocycles. The highest BCUT2D eigenvalue weighted by Crippen LogP contribution is 2.44. The van der Waals surface area contributed by atoms with Crippen LogP contribution in [-0.2, 0) is 4.74 Å². The molecule has 0 aromatic heterocycles. The van der Waals surface area contributed by atoms with Crippen LogP contribution < -0.4 is 0 Å². The van der Waals surface area contributed by atoms with Gasteiger partial charge in [0.1, 0.15) is 6.61 Å². The maximum atomic E-state index is 12.8. The van der Waals surface area contributed by atoms with E-state index in [1.807, 2.05) is 31.2 Å². The Kier molecular flexibility index (Phi) is 5.17. The Morgan fingerprint density at radius 3 is 2.22 bits per heavy atom. The number of hydrogen-bond acceptors (Lipinski definition) is 3. The first-order valence-corrected chi connectivity index (χ1v) is 9.91. The molecule has 1 atom stereocenters. The molecule has 2 aliphatic carbocycles. The summed E-state index contributed by atoms with van der Waals surface area (Å²) in [6, 6.07) is 16.5. The van der Waals surface area contributed by atoms with Gasteiger partial charge in [-0.25, -0.2) is 4.79 Å². The van der Waals surface area contributed by atoms with Gasteiger partial charge in [-0.15, -0.1) is 0 Å². The molecule has 0 heterocycles. The summed E-state index contributed by atoms with van der Waals surface area (Å²) in [5.41, 5.74) is 4.88. The first-order chi connectivity index (χ1) is 13.2. The number of amides is 1. The van der Waals surface area contributed by atoms with Crippen molar-refractivity contribution in [3.8, 4) is 11.1 Å². The largest absolute Gasteiger partial charge is 0.448 e. The van der Waals surface area contributed by atoms with Crippen LogP contribution in [0.2, 0.25) is 0 Å². The van der Waals surface area contributed by atoms with Gasteiger partial charge in [0.25, 0.3) is 0 Å². The van der Waals surface area contributed by atoms with Crippen LogP contribution in [0.25, 0.3) is 11.1 Å². The lowest BCUT2D eigenvalue weighted by molar-refractivity contribution is 0.0566. The number of benzene rings is 2. The van der Waals surface area contributed by atoms with Crippen molar-refractivity contribution in [2.24, 2.45) is 5.92 Å². The quantitative estimate of drug-likeness (QED) is 0.824. The molecule has 1 saturated carbocycles. The number of ether oxygens (including phenoxy) is 1. The first kappa shape index (κ1) is 18.1. The lowest BCUT2D eigenvalue weighted by Gasteiger charge is -2.35. The minimum absolute atomic E-state index is 0.0447. The third-order valence-corrected chi connectivity index (χ3v) is 6.05. The van der Waals surface area contributed by atoms with Crippen LogP contribution in [-0.4, -0.2) is 41.9 Å². The average Bonchev–Trinajstić information content (AvgIpc) is 2.99. The summed E-state index contributed by atoms with van der Waals surface area (Å²) in [6.45, 7) is 2.83. The van der Waals surface area contributed by atoms with Crippen LogP contribution in [0.15, 0.2) is 48.5 Å². The molecule has 2 aliphatic rings. The van der Waals surface area contributed by atoms with Crippen molar-refractivity contribution in [3.63, 3.8) is 0 Å². The molecule has 4 rings (SSSR count). The van der Waals surface area contributed by atoms with Gasteiger partial charge in [-0.1, -0.05) is 55.0 Å². The number of carbonyl (C=O) groups is 1. The van der Waals surface area contributed by atoms with Crippen LogP contribution in [0, 0.1) is 5.92 Å². The summed E-state index contributed by atoms with van der Waals surface area (Å²) in [6.07, 6.45) is 3.23. The Balaban J connectivity index is 1.49. The van der Waals surface area contributed by atoms with Crippen molar-refractivity contribution in [2.45, 2.75) is 38.1 Å². The van der Waals surface area contributed by atoms with Crippen molar-refractivity contribution >= 4 is 6.09 Å². The standard InChI is InChI=1S/C23H27NO3/c1-16(14-25)24(13-17-7-6-8-17)23(26)27-15-22-20-11-4-2-9-18(20)19-10-3-5-12-21(19)22/h2-5,9-12,16-17,22,25H,6-8,13-15H2,1H3. The third-order valence-electron chi connectivity index (χ3n) is 6.05. The number of aliphatic hydroxyl groups is 1. The topological polar surface area (TPSA) is 49.8 Å². The number of rotatable bonds is 6. The summed E-state index contributed by atoms with van der Waals surface area (Å²) in [7, 11) is 0. The van der Waals surface area contributed by atoms with Crippen LogP contribution >= 0.6 is 0 Å². The van der Waals surface area contributed by atoms with Crippen LogP contribution in [0.5, 0.6) is 0 Å². The summed E-state index contributed by atoms with van der Waals surface area (Å²) >= 11 is 0. The molecule has 2 aromatic carbocycles. The second kappa shape index (κ2) is 7.73. The zero-order valence-electron chi connectivity index (χ0n) is 15.8. The van der Waals surface area contributed by atoms with E-state index in [0.717, 1.165) is 12.8 Å². The van der Waals surface area contributed by atoms with E-state index in [4.69, 9.17) is 4.74 Å². The maximum Gasteiger partial charge on any atom is 0.410 e. The number of carbonyl (C=O) groups excluding carboxylic acids is 1. The van der Waals surface area contributed by atoms with Crippen LogP contribution in [0.3, 0.4) is 0 Å². The number of nitrogens with zero attached hydrogens (tertiary/aromatic N) is 1. The van der Waals surface area contributed by atoms with Gasteiger partial charge in [-0.2, -0.15) is 0 Å². The predicted molar refractivity (Wildman–Crippen MR) is 106 cm³/mol. The second-order valence-electron chi connectivity index (χ2n) is 7.78. The summed E-state index contributed by atoms with van der Waals surface area (Å²) in [5, 5.41) is 9.55. The highest BCUT2D eigenvalue weighted by atomic mass is 16.6. The van der Waals surface area contributed by atoms with Crippen LogP contribution in [0.4, 0.5) is 4.79 Å². The molecular weight excluding hydrogens is 338 g/mol. The molecule has 0 radical (unpaired) electrons. The summed E-state index contributed by atoms with van der Waals surface area (Å²) in [4.78, 5) is 14.5. The molecule has 1 fully saturated rings. The molecule has 4 heteroatoms. The Morgan fingerprint density at radius 2 is 1.70 bits per heavy atom. The molecule has 0 saturated heterocycles. The first-order valence-electron chi connectivity index (χ1n) is 9.91. The Labute approximate surface area is 160 Å². The zero-order chi connectivity index (χ0) is 18.8. The normalized spacial score (nSPS) is 17.0. The predicted octanol–water partition coefficient (Wildman–Crippen LogP) is 4.42. The number of aliphatic hydroxyl groups excluding tert-OH is 1. The van der Waals surface area contributed by atoms with E-state index in [-0.39, 0.29) is 24.7 Å². The van der Waals surface area contributed by atoms with Crippen molar-refractivity contribution in [2.75, 3.05) is 19.8 Å². The molecule has 0 spiro atoms. The van der Waals surface area contributed by atoms with Gasteiger partial charge in [0.15, 0.2) is 0 Å². The maximum absolute atomic E-state index is 12.8. The van der Waals surface area contributed by atoms with Crippen molar-refractivity contribution in [1.82, 2.24) is 4.90 Å². The van der Waals surface area contributed by atoms with Crippen molar-refractivity contribution in [1.29, 1.82) is 0 Å². The van der Waals surface area contributed by atoms with E-state index in [1.54, 1.807) is 4.90 Å². The van der Waals surface area contributed by atoms with E-state index in [1.165, 1.54) is 28.7 Å². The van der Waals surface area contributed by atoms with Crippen molar-refractivity contribution in [3.05, 3.63) is 59.7 Å². The fraction of sp³-hybridized carbons (Fsp3) is 0.435. The molecule has 27 heavy (non-hydrogen) atoms. The SMILES string of the molecule is CC(CO)N(CC1CCC1)C(=O)OCC1c2ccccc2-c2ccccc21. The van der Waals surface area contributed by atoms with Gasteiger partial charge in [0.05, 0.1) is 12.6 Å². The van der Waals surface area contributed by atoms with E-state index >= 15 is 0 Å². The lowest BCUT2D eigenvalue weighted by Crippen LogP contribution is -2.45. The molecule has 1 amide bonds. The molecular formula is C23H27NO3. The molecule has 1 unspecified atom stereocenters. The Bertz CT molecular complexity index is 769. The van der Waals surface area contributed by atoms with E-state index in [9.17, 15) is 9.90 Å². The summed E-state index contributed by atoms with van der Waals surface area (Å²) in [5.74, 6) is 0.607. The van der Waals surface area contributed by atoms with Gasteiger partial charge in [-0.05, 0) is 47.9 Å². The third kappa shape index (κ3) is 3.46. The number of fused-ring (bicyclic) bond motifs is 3. The fourth-order valence-corrected chi connectivity index (χ4v) is 4.16. The van der Waals surface area contributed by atoms with Crippen LogP contribution in [0.1, 0.15) is 43.2 Å². The summed E-state index contributed by atoms with van der Waals surface area (Å²) < 4.78 is 5.77. The Hall–Kier alpha value is -2.33. The van der Waals surface area contributed by atoms with E-state index < -0.39 is 0 Å². The van der Waals surface area contributed by atoms with Gasteiger partial charge in [0.2, 0.25) is 0 Å². The fourth-order valence-electron chi connectivity index (χ4n) is 4.16. The minimum atomic E-state index is -0.315. The lowest BCUT2D eigenvalue weighted by atomic mass is 9.85. The molecule has 4 nitrogen and oxygen atoms in total.